The van der Waals surface area contributed by atoms with Crippen molar-refractivity contribution in [2.75, 3.05) is 25.1 Å². The van der Waals surface area contributed by atoms with Gasteiger partial charge in [0.1, 0.15) is 17.3 Å². The SMILES string of the molecule is COc1nc(N2CCC(F)(F)C2)cc2c1c(=O)n(-c1cncc(C#N)c1)c(=O)n2-c1ccc(F)c(F)c1. The fourth-order valence-electron chi connectivity index (χ4n) is 4.23. The number of nitriles is 1. The average Bonchev–Trinajstić information content (AvgIpc) is 3.25. The van der Waals surface area contributed by atoms with Crippen LogP contribution >= 0.6 is 0 Å². The number of pyridine rings is 2. The minimum absolute atomic E-state index is 0.00236. The molecule has 1 aromatic carbocycles. The smallest absolute Gasteiger partial charge is 0.340 e. The molecule has 4 aromatic rings. The standard InChI is InChI=1S/C24H16F4N6O3/c1-37-21-20-18(8-19(31-21)32-5-4-24(27,28)12-32)33(14-2-3-16(25)17(26)7-14)23(36)34(22(20)35)15-6-13(9-29)10-30-11-15/h2-3,6-8,10-11H,4-5,12H2,1H3. The number of halogens is 4. The lowest BCUT2D eigenvalue weighted by atomic mass is 10.2. The first-order valence-electron chi connectivity index (χ1n) is 10.8. The van der Waals surface area contributed by atoms with Gasteiger partial charge in [-0.25, -0.2) is 26.9 Å². The van der Waals surface area contributed by atoms with Crippen molar-refractivity contribution in [2.45, 2.75) is 12.3 Å². The minimum Gasteiger partial charge on any atom is -0.480 e. The van der Waals surface area contributed by atoms with Crippen LogP contribution in [0.1, 0.15) is 12.0 Å². The zero-order valence-corrected chi connectivity index (χ0v) is 19.1. The largest absolute Gasteiger partial charge is 0.480 e. The molecule has 0 amide bonds. The van der Waals surface area contributed by atoms with E-state index in [-0.39, 0.29) is 46.1 Å². The van der Waals surface area contributed by atoms with E-state index in [9.17, 15) is 32.4 Å². The summed E-state index contributed by atoms with van der Waals surface area (Å²) in [5.41, 5.74) is -2.21. The number of anilines is 1. The van der Waals surface area contributed by atoms with Crippen LogP contribution in [0.15, 0.2) is 52.3 Å². The average molecular weight is 512 g/mol. The van der Waals surface area contributed by atoms with E-state index in [4.69, 9.17) is 4.74 Å². The van der Waals surface area contributed by atoms with Crippen molar-refractivity contribution >= 4 is 16.7 Å². The maximum atomic E-state index is 14.2. The second kappa shape index (κ2) is 8.74. The number of aromatic nitrogens is 4. The Labute approximate surface area is 205 Å². The van der Waals surface area contributed by atoms with Gasteiger partial charge in [0.25, 0.3) is 11.5 Å². The number of ether oxygens (including phenoxy) is 1. The molecule has 1 aliphatic heterocycles. The van der Waals surface area contributed by atoms with Crippen LogP contribution in [0.4, 0.5) is 23.4 Å². The highest BCUT2D eigenvalue weighted by Crippen LogP contribution is 2.33. The number of hydrogen-bond acceptors (Lipinski definition) is 7. The third-order valence-electron chi connectivity index (χ3n) is 5.95. The van der Waals surface area contributed by atoms with Crippen molar-refractivity contribution in [1.29, 1.82) is 5.26 Å². The maximum Gasteiger partial charge on any atom is 0.340 e. The Morgan fingerprint density at radius 3 is 2.49 bits per heavy atom. The molecule has 0 N–H and O–H groups in total. The van der Waals surface area contributed by atoms with Crippen molar-refractivity contribution in [3.63, 3.8) is 0 Å². The van der Waals surface area contributed by atoms with Crippen LogP contribution in [-0.4, -0.2) is 45.2 Å². The lowest BCUT2D eigenvalue weighted by Gasteiger charge is -2.21. The van der Waals surface area contributed by atoms with Crippen LogP contribution < -0.4 is 20.9 Å². The summed E-state index contributed by atoms with van der Waals surface area (Å²) in [4.78, 5) is 36.7. The summed E-state index contributed by atoms with van der Waals surface area (Å²) in [6.45, 7) is -0.693. The van der Waals surface area contributed by atoms with Gasteiger partial charge in [-0.1, -0.05) is 0 Å². The van der Waals surface area contributed by atoms with Gasteiger partial charge in [-0.15, -0.1) is 0 Å². The molecule has 0 radical (unpaired) electrons. The number of benzene rings is 1. The van der Waals surface area contributed by atoms with Crippen molar-refractivity contribution in [3.8, 4) is 23.3 Å². The van der Waals surface area contributed by atoms with Crippen LogP contribution in [-0.2, 0) is 0 Å². The van der Waals surface area contributed by atoms with E-state index in [1.807, 2.05) is 6.07 Å². The lowest BCUT2D eigenvalue weighted by Crippen LogP contribution is -2.39. The molecule has 0 saturated carbocycles. The van der Waals surface area contributed by atoms with E-state index < -0.39 is 41.8 Å². The summed E-state index contributed by atoms with van der Waals surface area (Å²) in [7, 11) is 1.21. The summed E-state index contributed by atoms with van der Waals surface area (Å²) < 4.78 is 62.7. The minimum atomic E-state index is -2.97. The summed E-state index contributed by atoms with van der Waals surface area (Å²) in [5.74, 6) is -5.67. The Morgan fingerprint density at radius 2 is 1.84 bits per heavy atom. The lowest BCUT2D eigenvalue weighted by molar-refractivity contribution is 0.0256. The number of rotatable bonds is 4. The van der Waals surface area contributed by atoms with Crippen LogP contribution in [0.25, 0.3) is 22.3 Å². The highest BCUT2D eigenvalue weighted by Gasteiger charge is 2.39. The van der Waals surface area contributed by atoms with Crippen LogP contribution in [0.3, 0.4) is 0 Å². The van der Waals surface area contributed by atoms with Gasteiger partial charge in [0, 0.05) is 31.3 Å². The molecule has 0 spiro atoms. The fourth-order valence-corrected chi connectivity index (χ4v) is 4.23. The number of hydrogen-bond donors (Lipinski definition) is 0. The first-order valence-corrected chi connectivity index (χ1v) is 10.8. The van der Waals surface area contributed by atoms with Crippen molar-refractivity contribution in [2.24, 2.45) is 0 Å². The third-order valence-corrected chi connectivity index (χ3v) is 5.95. The van der Waals surface area contributed by atoms with Crippen LogP contribution in [0, 0.1) is 23.0 Å². The Bertz CT molecular complexity index is 1730. The van der Waals surface area contributed by atoms with Gasteiger partial charge >= 0.3 is 5.69 Å². The molecule has 0 atom stereocenters. The second-order valence-electron chi connectivity index (χ2n) is 8.31. The topological polar surface area (TPSA) is 106 Å². The Balaban J connectivity index is 1.91. The molecule has 1 saturated heterocycles. The third kappa shape index (κ3) is 4.06. The summed E-state index contributed by atoms with van der Waals surface area (Å²) in [6.07, 6.45) is 1.98. The fraction of sp³-hybridized carbons (Fsp3) is 0.208. The molecule has 0 aliphatic carbocycles. The molecule has 1 aliphatic rings. The molecule has 13 heteroatoms. The summed E-state index contributed by atoms with van der Waals surface area (Å²) in [5, 5.41) is 9.00. The van der Waals surface area contributed by atoms with E-state index in [1.165, 1.54) is 36.5 Å². The van der Waals surface area contributed by atoms with E-state index >= 15 is 0 Å². The zero-order chi connectivity index (χ0) is 26.5. The molecular weight excluding hydrogens is 496 g/mol. The van der Waals surface area contributed by atoms with E-state index in [1.54, 1.807) is 0 Å². The number of nitrogens with zero attached hydrogens (tertiary/aromatic N) is 6. The molecule has 37 heavy (non-hydrogen) atoms. The van der Waals surface area contributed by atoms with Crippen molar-refractivity contribution < 1.29 is 22.3 Å². The van der Waals surface area contributed by atoms with Crippen LogP contribution in [0.5, 0.6) is 5.88 Å². The van der Waals surface area contributed by atoms with Crippen molar-refractivity contribution in [3.05, 3.63) is 80.8 Å². The number of methoxy groups -OCH3 is 1. The van der Waals surface area contributed by atoms with Crippen LogP contribution in [0.2, 0.25) is 0 Å². The van der Waals surface area contributed by atoms with E-state index in [2.05, 4.69) is 9.97 Å². The Hall–Kier alpha value is -4.73. The van der Waals surface area contributed by atoms with Gasteiger partial charge in [0.05, 0.1) is 42.3 Å². The van der Waals surface area contributed by atoms with Gasteiger partial charge in [0.15, 0.2) is 11.6 Å². The summed E-state index contributed by atoms with van der Waals surface area (Å²) >= 11 is 0. The van der Waals surface area contributed by atoms with Crippen molar-refractivity contribution in [1.82, 2.24) is 19.1 Å². The molecule has 9 nitrogen and oxygen atoms in total. The van der Waals surface area contributed by atoms with Gasteiger partial charge in [-0.05, 0) is 18.2 Å². The molecule has 4 heterocycles. The van der Waals surface area contributed by atoms with Gasteiger partial charge in [-0.3, -0.25) is 14.3 Å². The van der Waals surface area contributed by atoms with Gasteiger partial charge in [0.2, 0.25) is 5.88 Å². The highest BCUT2D eigenvalue weighted by molar-refractivity contribution is 5.87. The Morgan fingerprint density at radius 1 is 1.05 bits per heavy atom. The normalized spacial score (nSPS) is 14.6. The molecule has 1 fully saturated rings. The molecule has 0 bridgehead atoms. The summed E-state index contributed by atoms with van der Waals surface area (Å²) in [6, 6.07) is 7.03. The molecule has 5 rings (SSSR count). The van der Waals surface area contributed by atoms with E-state index in [0.717, 1.165) is 22.8 Å². The zero-order valence-electron chi connectivity index (χ0n) is 19.1. The monoisotopic (exact) mass is 512 g/mol. The first-order chi connectivity index (χ1) is 17.6. The Kier molecular flexibility index (Phi) is 5.66. The maximum absolute atomic E-state index is 14.2. The molecule has 0 unspecified atom stereocenters. The van der Waals surface area contributed by atoms with Gasteiger partial charge in [-0.2, -0.15) is 10.2 Å². The predicted molar refractivity (Wildman–Crippen MR) is 124 cm³/mol. The van der Waals surface area contributed by atoms with Gasteiger partial charge < -0.3 is 9.64 Å². The predicted octanol–water partition coefficient (Wildman–Crippen LogP) is 2.94. The first kappa shape index (κ1) is 24.0. The number of alkyl halides is 2. The molecule has 188 valence electrons. The quantitative estimate of drug-likeness (QED) is 0.387. The second-order valence-corrected chi connectivity index (χ2v) is 8.31. The molecular formula is C24H16F4N6O3. The molecule has 3 aromatic heterocycles. The highest BCUT2D eigenvalue weighted by atomic mass is 19.3. The van der Waals surface area contributed by atoms with E-state index in [0.29, 0.717) is 4.57 Å². The number of fused-ring (bicyclic) bond motifs is 1.